The summed E-state index contributed by atoms with van der Waals surface area (Å²) in [6, 6.07) is 8.61. The number of imide groups is 1. The highest BCUT2D eigenvalue weighted by atomic mass is 32.2. The second-order valence-corrected chi connectivity index (χ2v) is 8.12. The molecule has 0 saturated carbocycles. The van der Waals surface area contributed by atoms with Gasteiger partial charge in [-0.2, -0.15) is 0 Å². The van der Waals surface area contributed by atoms with Crippen molar-refractivity contribution in [3.8, 4) is 0 Å². The van der Waals surface area contributed by atoms with Gasteiger partial charge in [0.1, 0.15) is 10.4 Å². The van der Waals surface area contributed by atoms with E-state index in [1.807, 2.05) is 36.4 Å². The topological polar surface area (TPSA) is 95.0 Å². The second kappa shape index (κ2) is 9.15. The molecular formula is C20H18N2O5S2. The number of rotatable bonds is 7. The minimum absolute atomic E-state index is 0.0188. The lowest BCUT2D eigenvalue weighted by Gasteiger charge is -2.21. The van der Waals surface area contributed by atoms with E-state index in [0.717, 1.165) is 22.2 Å². The van der Waals surface area contributed by atoms with Gasteiger partial charge >= 0.3 is 5.97 Å². The highest BCUT2D eigenvalue weighted by Crippen LogP contribution is 2.35. The molecule has 0 aromatic heterocycles. The van der Waals surface area contributed by atoms with Crippen LogP contribution < -0.4 is 0 Å². The van der Waals surface area contributed by atoms with E-state index < -0.39 is 29.7 Å². The number of benzene rings is 1. The minimum Gasteiger partial charge on any atom is -0.481 e. The Labute approximate surface area is 177 Å². The lowest BCUT2D eigenvalue weighted by Crippen LogP contribution is -2.44. The zero-order valence-electron chi connectivity index (χ0n) is 15.3. The molecule has 3 amide bonds. The predicted molar refractivity (Wildman–Crippen MR) is 113 cm³/mol. The van der Waals surface area contributed by atoms with Crippen LogP contribution in [0.2, 0.25) is 0 Å². The van der Waals surface area contributed by atoms with E-state index >= 15 is 0 Å². The molecule has 0 spiro atoms. The quantitative estimate of drug-likeness (QED) is 0.403. The summed E-state index contributed by atoms with van der Waals surface area (Å²) in [5.74, 6) is -2.34. The molecule has 1 N–H and O–H groups in total. The van der Waals surface area contributed by atoms with Crippen molar-refractivity contribution in [2.45, 2.75) is 25.3 Å². The molecule has 9 heteroatoms. The van der Waals surface area contributed by atoms with Crippen LogP contribution in [0.4, 0.5) is 0 Å². The summed E-state index contributed by atoms with van der Waals surface area (Å²) in [6.45, 7) is 0.0188. The number of hydrogen-bond acceptors (Lipinski definition) is 6. The molecular weight excluding hydrogens is 412 g/mol. The molecule has 3 rings (SSSR count). The molecule has 0 unspecified atom stereocenters. The van der Waals surface area contributed by atoms with Gasteiger partial charge in [-0.05, 0) is 18.1 Å². The van der Waals surface area contributed by atoms with E-state index in [0.29, 0.717) is 4.91 Å². The Kier molecular flexibility index (Phi) is 6.60. The zero-order chi connectivity index (χ0) is 21.0. The molecule has 2 heterocycles. The molecule has 1 aromatic carbocycles. The molecule has 0 radical (unpaired) electrons. The number of amides is 3. The predicted octanol–water partition coefficient (Wildman–Crippen LogP) is 2.44. The van der Waals surface area contributed by atoms with Gasteiger partial charge in [0, 0.05) is 13.0 Å². The number of allylic oxidation sites excluding steroid dienone is 2. The summed E-state index contributed by atoms with van der Waals surface area (Å²) in [6.07, 6.45) is 5.10. The SMILES string of the molecule is O=C(O)CCCN1C(=O)C[C@H](N2C(=O)/C(=C/C=C/c3ccccc3)SC2=S)C1=O. The molecule has 2 saturated heterocycles. The number of carbonyl (C=O) groups is 4. The maximum Gasteiger partial charge on any atom is 0.303 e. The van der Waals surface area contributed by atoms with E-state index in [1.54, 1.807) is 12.2 Å². The van der Waals surface area contributed by atoms with Crippen LogP contribution in [0.1, 0.15) is 24.8 Å². The number of hydrogen-bond donors (Lipinski definition) is 1. The van der Waals surface area contributed by atoms with Crippen molar-refractivity contribution in [3.63, 3.8) is 0 Å². The van der Waals surface area contributed by atoms with Crippen molar-refractivity contribution >= 4 is 58.1 Å². The fraction of sp³-hybridized carbons (Fsp3) is 0.250. The first kappa shape index (κ1) is 20.9. The van der Waals surface area contributed by atoms with Crippen LogP contribution in [0.25, 0.3) is 6.08 Å². The van der Waals surface area contributed by atoms with Gasteiger partial charge in [-0.15, -0.1) is 0 Å². The normalized spacial score (nSPS) is 21.2. The Balaban J connectivity index is 1.68. The molecule has 1 atom stereocenters. The molecule has 2 aliphatic heterocycles. The summed E-state index contributed by atoms with van der Waals surface area (Å²) in [5.41, 5.74) is 0.979. The number of carbonyl (C=O) groups excluding carboxylic acids is 3. The molecule has 150 valence electrons. The van der Waals surface area contributed by atoms with E-state index in [-0.39, 0.29) is 30.1 Å². The first-order chi connectivity index (χ1) is 13.9. The highest BCUT2D eigenvalue weighted by molar-refractivity contribution is 8.26. The Morgan fingerprint density at radius 1 is 1.24 bits per heavy atom. The monoisotopic (exact) mass is 430 g/mol. The van der Waals surface area contributed by atoms with Crippen LogP contribution in [0.15, 0.2) is 47.4 Å². The van der Waals surface area contributed by atoms with Crippen molar-refractivity contribution in [1.29, 1.82) is 0 Å². The van der Waals surface area contributed by atoms with Gasteiger partial charge in [0.25, 0.3) is 11.8 Å². The smallest absolute Gasteiger partial charge is 0.303 e. The molecule has 1 aromatic rings. The molecule has 2 aliphatic rings. The number of carboxylic acids is 1. The minimum atomic E-state index is -0.994. The van der Waals surface area contributed by atoms with Gasteiger partial charge < -0.3 is 5.11 Å². The van der Waals surface area contributed by atoms with Gasteiger partial charge in [0.15, 0.2) is 0 Å². The number of nitrogens with zero attached hydrogens (tertiary/aromatic N) is 2. The number of thioether (sulfide) groups is 1. The van der Waals surface area contributed by atoms with E-state index in [2.05, 4.69) is 0 Å². The van der Waals surface area contributed by atoms with E-state index in [9.17, 15) is 19.2 Å². The Morgan fingerprint density at radius 3 is 2.66 bits per heavy atom. The molecule has 2 fully saturated rings. The summed E-state index contributed by atoms with van der Waals surface area (Å²) >= 11 is 6.36. The zero-order valence-corrected chi connectivity index (χ0v) is 16.9. The van der Waals surface area contributed by atoms with Gasteiger partial charge in [-0.3, -0.25) is 29.0 Å². The largest absolute Gasteiger partial charge is 0.481 e. The van der Waals surface area contributed by atoms with Crippen LogP contribution in [-0.4, -0.2) is 55.5 Å². The van der Waals surface area contributed by atoms with Crippen molar-refractivity contribution in [2.24, 2.45) is 0 Å². The van der Waals surface area contributed by atoms with Crippen LogP contribution in [0.5, 0.6) is 0 Å². The third-order valence-electron chi connectivity index (χ3n) is 4.46. The van der Waals surface area contributed by atoms with Crippen LogP contribution >= 0.6 is 24.0 Å². The summed E-state index contributed by atoms with van der Waals surface area (Å²) in [4.78, 5) is 50.8. The maximum absolute atomic E-state index is 12.8. The second-order valence-electron chi connectivity index (χ2n) is 6.44. The Hall–Kier alpha value is -2.78. The van der Waals surface area contributed by atoms with E-state index in [1.165, 1.54) is 4.90 Å². The fourth-order valence-electron chi connectivity index (χ4n) is 3.06. The number of thiocarbonyl (C=S) groups is 1. The lowest BCUT2D eigenvalue weighted by molar-refractivity contribution is -0.142. The van der Waals surface area contributed by atoms with Crippen molar-refractivity contribution in [1.82, 2.24) is 9.80 Å². The third kappa shape index (κ3) is 4.80. The number of likely N-dealkylation sites (tertiary alicyclic amines) is 1. The standard InChI is InChI=1S/C20H18N2O5S2/c23-16-12-14(18(26)21(16)11-5-10-17(24)25)22-19(27)15(29-20(22)28)9-4-8-13-6-2-1-3-7-13/h1-4,6-9,14H,5,10-12H2,(H,24,25)/b8-4+,15-9-/t14-/m0/s1. The van der Waals surface area contributed by atoms with Crippen molar-refractivity contribution in [2.75, 3.05) is 6.54 Å². The summed E-state index contributed by atoms with van der Waals surface area (Å²) < 4.78 is 0.230. The summed E-state index contributed by atoms with van der Waals surface area (Å²) in [7, 11) is 0. The van der Waals surface area contributed by atoms with Gasteiger partial charge in [-0.1, -0.05) is 66.5 Å². The molecule has 0 aliphatic carbocycles. The first-order valence-corrected chi connectivity index (χ1v) is 10.2. The lowest BCUT2D eigenvalue weighted by atomic mass is 10.2. The maximum atomic E-state index is 12.8. The van der Waals surface area contributed by atoms with E-state index in [4.69, 9.17) is 17.3 Å². The molecule has 29 heavy (non-hydrogen) atoms. The average molecular weight is 431 g/mol. The Bertz CT molecular complexity index is 926. The van der Waals surface area contributed by atoms with Gasteiger partial charge in [0.05, 0.1) is 11.3 Å². The van der Waals surface area contributed by atoms with Crippen molar-refractivity contribution in [3.05, 3.63) is 53.0 Å². The third-order valence-corrected chi connectivity index (χ3v) is 5.81. The highest BCUT2D eigenvalue weighted by Gasteiger charge is 2.48. The summed E-state index contributed by atoms with van der Waals surface area (Å²) in [5, 5.41) is 8.71. The van der Waals surface area contributed by atoms with Gasteiger partial charge in [0.2, 0.25) is 5.91 Å². The molecule has 7 nitrogen and oxygen atoms in total. The first-order valence-electron chi connectivity index (χ1n) is 8.93. The van der Waals surface area contributed by atoms with Crippen LogP contribution in [0, 0.1) is 0 Å². The van der Waals surface area contributed by atoms with Crippen molar-refractivity contribution < 1.29 is 24.3 Å². The number of aliphatic carboxylic acids is 1. The Morgan fingerprint density at radius 2 is 1.97 bits per heavy atom. The van der Waals surface area contributed by atoms with Crippen LogP contribution in [0.3, 0.4) is 0 Å². The van der Waals surface area contributed by atoms with Crippen LogP contribution in [-0.2, 0) is 19.2 Å². The van der Waals surface area contributed by atoms with Gasteiger partial charge in [-0.25, -0.2) is 0 Å². The number of carboxylic acid groups (broad SMARTS) is 1. The fourth-order valence-corrected chi connectivity index (χ4v) is 4.37. The average Bonchev–Trinajstić information content (AvgIpc) is 3.11. The molecule has 0 bridgehead atoms.